The Morgan fingerprint density at radius 2 is 1.89 bits per heavy atom. The Hall–Kier alpha value is -3.39. The first-order valence-electron chi connectivity index (χ1n) is 8.59. The van der Waals surface area contributed by atoms with Gasteiger partial charge < -0.3 is 5.32 Å². The van der Waals surface area contributed by atoms with E-state index >= 15 is 0 Å². The van der Waals surface area contributed by atoms with E-state index in [1.807, 2.05) is 30.3 Å². The third kappa shape index (κ3) is 3.67. The molecule has 0 unspecified atom stereocenters. The monoisotopic (exact) mass is 392 g/mol. The summed E-state index contributed by atoms with van der Waals surface area (Å²) in [4.78, 5) is 22.9. The number of carbonyl (C=O) groups excluding carboxylic acids is 1. The summed E-state index contributed by atoms with van der Waals surface area (Å²) in [5.74, 6) is 1.89. The van der Waals surface area contributed by atoms with E-state index in [0.717, 1.165) is 28.3 Å². The number of fused-ring (bicyclic) bond motifs is 1. The van der Waals surface area contributed by atoms with Gasteiger partial charge in [-0.2, -0.15) is 16.9 Å². The van der Waals surface area contributed by atoms with Crippen molar-refractivity contribution >= 4 is 35.3 Å². The summed E-state index contributed by atoms with van der Waals surface area (Å²) in [6.07, 6.45) is 3.23. The van der Waals surface area contributed by atoms with E-state index in [-0.39, 0.29) is 11.6 Å². The Labute approximate surface area is 165 Å². The van der Waals surface area contributed by atoms with Gasteiger partial charge in [0.15, 0.2) is 0 Å². The van der Waals surface area contributed by atoms with Crippen molar-refractivity contribution in [3.8, 4) is 5.69 Å². The van der Waals surface area contributed by atoms with E-state index in [1.165, 1.54) is 18.2 Å². The maximum atomic E-state index is 12.5. The number of amides is 1. The lowest BCUT2D eigenvalue weighted by molar-refractivity contribution is -0.384. The molecular weight excluding hydrogens is 376 g/mol. The quantitative estimate of drug-likeness (QED) is 0.400. The fourth-order valence-electron chi connectivity index (χ4n) is 2.94. The summed E-state index contributed by atoms with van der Waals surface area (Å²) in [5, 5.41) is 18.4. The number of non-ortho nitro benzene ring substituents is 1. The molecule has 0 spiro atoms. The Bertz CT molecular complexity index is 1060. The molecule has 28 heavy (non-hydrogen) atoms. The van der Waals surface area contributed by atoms with E-state index < -0.39 is 4.92 Å². The lowest BCUT2D eigenvalue weighted by Gasteiger charge is -2.09. The molecule has 0 radical (unpaired) electrons. The molecule has 8 heteroatoms. The second-order valence-electron chi connectivity index (χ2n) is 6.19. The fourth-order valence-corrected chi connectivity index (χ4v) is 3.97. The number of hydrogen-bond donors (Lipinski definition) is 1. The molecule has 7 nitrogen and oxygen atoms in total. The number of nitro groups is 1. The highest BCUT2D eigenvalue weighted by atomic mass is 32.2. The van der Waals surface area contributed by atoms with Crippen LogP contribution in [0.3, 0.4) is 0 Å². The third-order valence-corrected chi connectivity index (χ3v) is 5.30. The van der Waals surface area contributed by atoms with E-state index in [2.05, 4.69) is 10.4 Å². The molecule has 1 amide bonds. The van der Waals surface area contributed by atoms with Crippen molar-refractivity contribution in [1.82, 2.24) is 9.78 Å². The first-order chi connectivity index (χ1) is 13.6. The third-order valence-electron chi connectivity index (χ3n) is 4.33. The smallest absolute Gasteiger partial charge is 0.269 e. The van der Waals surface area contributed by atoms with E-state index in [4.69, 9.17) is 0 Å². The minimum absolute atomic E-state index is 0.00961. The van der Waals surface area contributed by atoms with Gasteiger partial charge in [0.1, 0.15) is 5.82 Å². The molecule has 0 saturated carbocycles. The number of rotatable bonds is 5. The molecule has 1 N–H and O–H groups in total. The van der Waals surface area contributed by atoms with Gasteiger partial charge in [-0.1, -0.05) is 30.3 Å². The van der Waals surface area contributed by atoms with Crippen LogP contribution in [0.4, 0.5) is 11.5 Å². The summed E-state index contributed by atoms with van der Waals surface area (Å²) in [6.45, 7) is 0. The zero-order valence-corrected chi connectivity index (χ0v) is 15.6. The normalized spacial score (nSPS) is 12.9. The van der Waals surface area contributed by atoms with Crippen molar-refractivity contribution < 1.29 is 9.72 Å². The summed E-state index contributed by atoms with van der Waals surface area (Å²) >= 11 is 1.74. The number of aromatic nitrogens is 2. The van der Waals surface area contributed by atoms with Gasteiger partial charge in [-0.05, 0) is 23.8 Å². The average Bonchev–Trinajstić information content (AvgIpc) is 3.30. The maximum absolute atomic E-state index is 12.5. The largest absolute Gasteiger partial charge is 0.307 e. The first-order valence-corrected chi connectivity index (χ1v) is 9.75. The lowest BCUT2D eigenvalue weighted by atomic mass is 10.2. The standard InChI is InChI=1S/C20H16N4O3S/c25-19(11-6-14-4-2-1-3-5-14)21-20-17-12-28-13-18(17)22-23(20)15-7-9-16(10-8-15)24(26)27/h1-11H,12-13H2,(H,21,25)/b11-6-. The van der Waals surface area contributed by atoms with Gasteiger partial charge in [0.25, 0.3) is 5.69 Å². The van der Waals surface area contributed by atoms with Gasteiger partial charge in [-0.15, -0.1) is 0 Å². The van der Waals surface area contributed by atoms with E-state index in [1.54, 1.807) is 34.7 Å². The highest BCUT2D eigenvalue weighted by molar-refractivity contribution is 7.98. The molecule has 0 bridgehead atoms. The van der Waals surface area contributed by atoms with Crippen LogP contribution in [0.5, 0.6) is 0 Å². The number of hydrogen-bond acceptors (Lipinski definition) is 5. The number of carbonyl (C=O) groups is 1. The molecular formula is C20H16N4O3S. The molecule has 0 atom stereocenters. The van der Waals surface area contributed by atoms with Crippen LogP contribution in [0.25, 0.3) is 11.8 Å². The van der Waals surface area contributed by atoms with Gasteiger partial charge in [0, 0.05) is 35.3 Å². The second kappa shape index (κ2) is 7.69. The van der Waals surface area contributed by atoms with Crippen molar-refractivity contribution in [2.24, 2.45) is 0 Å². The first kappa shape index (κ1) is 18.0. The Balaban J connectivity index is 1.62. The van der Waals surface area contributed by atoms with Crippen molar-refractivity contribution in [2.75, 3.05) is 5.32 Å². The van der Waals surface area contributed by atoms with Crippen molar-refractivity contribution in [1.29, 1.82) is 0 Å². The van der Waals surface area contributed by atoms with Crippen molar-refractivity contribution in [3.05, 3.63) is 87.6 Å². The summed E-state index contributed by atoms with van der Waals surface area (Å²) < 4.78 is 1.64. The lowest BCUT2D eigenvalue weighted by Crippen LogP contribution is -2.13. The fraction of sp³-hybridized carbons (Fsp3) is 0.100. The van der Waals surface area contributed by atoms with Crippen molar-refractivity contribution in [3.63, 3.8) is 0 Å². The maximum Gasteiger partial charge on any atom is 0.269 e. The number of nitrogens with one attached hydrogen (secondary N) is 1. The van der Waals surface area contributed by atoms with E-state index in [9.17, 15) is 14.9 Å². The van der Waals surface area contributed by atoms with Crippen LogP contribution in [0.1, 0.15) is 16.8 Å². The van der Waals surface area contributed by atoms with Gasteiger partial charge >= 0.3 is 0 Å². The minimum Gasteiger partial charge on any atom is -0.307 e. The zero-order chi connectivity index (χ0) is 19.5. The SMILES string of the molecule is O=C(/C=C\c1ccccc1)Nc1c2c(nn1-c1ccc([N+](=O)[O-])cc1)CSC2. The van der Waals surface area contributed by atoms with Crippen molar-refractivity contribution in [2.45, 2.75) is 11.5 Å². The van der Waals surface area contributed by atoms with Gasteiger partial charge in [0.05, 0.1) is 16.3 Å². The Morgan fingerprint density at radius 1 is 1.14 bits per heavy atom. The molecule has 4 rings (SSSR count). The molecule has 140 valence electrons. The topological polar surface area (TPSA) is 90.1 Å². The number of nitrogens with zero attached hydrogens (tertiary/aromatic N) is 3. The number of anilines is 1. The average molecular weight is 392 g/mol. The molecule has 0 aliphatic carbocycles. The van der Waals surface area contributed by atoms with Crippen LogP contribution in [-0.4, -0.2) is 20.6 Å². The molecule has 3 aromatic rings. The zero-order valence-electron chi connectivity index (χ0n) is 14.7. The molecule has 0 saturated heterocycles. The van der Waals surface area contributed by atoms with Gasteiger partial charge in [-0.25, -0.2) is 4.68 Å². The van der Waals surface area contributed by atoms with Crippen LogP contribution in [0, 0.1) is 10.1 Å². The molecule has 2 aromatic carbocycles. The summed E-state index contributed by atoms with van der Waals surface area (Å²) in [5.41, 5.74) is 3.51. The van der Waals surface area contributed by atoms with Crippen LogP contribution < -0.4 is 5.32 Å². The van der Waals surface area contributed by atoms with Gasteiger partial charge in [0.2, 0.25) is 5.91 Å². The summed E-state index contributed by atoms with van der Waals surface area (Å²) in [7, 11) is 0. The van der Waals surface area contributed by atoms with Crippen LogP contribution in [-0.2, 0) is 16.3 Å². The number of nitro benzene ring substituents is 1. The highest BCUT2D eigenvalue weighted by Crippen LogP contribution is 2.36. The van der Waals surface area contributed by atoms with Crippen LogP contribution >= 0.6 is 11.8 Å². The molecule has 2 heterocycles. The number of benzene rings is 2. The predicted molar refractivity (Wildman–Crippen MR) is 109 cm³/mol. The molecule has 0 fully saturated rings. The Kier molecular flexibility index (Phi) is 4.94. The summed E-state index contributed by atoms with van der Waals surface area (Å²) in [6, 6.07) is 15.7. The highest BCUT2D eigenvalue weighted by Gasteiger charge is 2.24. The molecule has 1 aliphatic rings. The number of thioether (sulfide) groups is 1. The second-order valence-corrected chi connectivity index (χ2v) is 7.17. The molecule has 1 aliphatic heterocycles. The van der Waals surface area contributed by atoms with Crippen LogP contribution in [0.15, 0.2) is 60.7 Å². The van der Waals surface area contributed by atoms with Crippen LogP contribution in [0.2, 0.25) is 0 Å². The van der Waals surface area contributed by atoms with Gasteiger partial charge in [-0.3, -0.25) is 14.9 Å². The predicted octanol–water partition coefficient (Wildman–Crippen LogP) is 4.18. The van der Waals surface area contributed by atoms with E-state index in [0.29, 0.717) is 11.5 Å². The minimum atomic E-state index is -0.444. The molecule has 1 aromatic heterocycles. The Morgan fingerprint density at radius 3 is 2.61 bits per heavy atom.